The van der Waals surface area contributed by atoms with E-state index < -0.39 is 17.8 Å². The van der Waals surface area contributed by atoms with Crippen molar-refractivity contribution in [2.24, 2.45) is 0 Å². The number of halogens is 3. The smallest absolute Gasteiger partial charge is 0.419 e. The minimum Gasteiger partial charge on any atom is -0.438 e. The molecule has 0 radical (unpaired) electrons. The molecule has 38 heavy (non-hydrogen) atoms. The molecule has 2 amide bonds. The monoisotopic (exact) mass is 522 g/mol. The van der Waals surface area contributed by atoms with Gasteiger partial charge in [0.05, 0.1) is 17.4 Å². The molecule has 0 aliphatic rings. The molecule has 0 fully saturated rings. The van der Waals surface area contributed by atoms with Crippen LogP contribution in [0.25, 0.3) is 0 Å². The number of carbonyl (C=O) groups excluding carboxylic acids is 1. The number of anilines is 2. The highest BCUT2D eigenvalue weighted by molar-refractivity contribution is 6.00. The van der Waals surface area contributed by atoms with E-state index in [0.29, 0.717) is 17.1 Å². The lowest BCUT2D eigenvalue weighted by atomic mass is 9.86. The number of nitrogens with zero attached hydrogens (tertiary/aromatic N) is 2. The largest absolute Gasteiger partial charge is 0.438 e. The Kier molecular flexibility index (Phi) is 7.52. The van der Waals surface area contributed by atoms with Crippen molar-refractivity contribution in [3.05, 3.63) is 96.3 Å². The molecule has 0 aliphatic carbocycles. The van der Waals surface area contributed by atoms with Gasteiger partial charge in [-0.15, -0.1) is 0 Å². The summed E-state index contributed by atoms with van der Waals surface area (Å²) in [6, 6.07) is 18.0. The highest BCUT2D eigenvalue weighted by atomic mass is 19.4. The molecule has 196 valence electrons. The SMILES string of the molecule is CC(C)(C)c1ccccc1Oc1ncccc1NC(=O)Nc1ccc(Oc2ccccc2C(F)(F)F)nc1. The highest BCUT2D eigenvalue weighted by Crippen LogP contribution is 2.38. The van der Waals surface area contributed by atoms with Crippen LogP contribution in [0.5, 0.6) is 23.3 Å². The number of carbonyl (C=O) groups is 1. The molecule has 0 bridgehead atoms. The summed E-state index contributed by atoms with van der Waals surface area (Å²) >= 11 is 0. The van der Waals surface area contributed by atoms with Gasteiger partial charge in [-0.05, 0) is 41.8 Å². The number of ether oxygens (including phenoxy) is 2. The summed E-state index contributed by atoms with van der Waals surface area (Å²) in [5.74, 6) is 0.398. The zero-order valence-corrected chi connectivity index (χ0v) is 20.8. The van der Waals surface area contributed by atoms with Gasteiger partial charge in [-0.25, -0.2) is 14.8 Å². The fourth-order valence-electron chi connectivity index (χ4n) is 3.55. The molecule has 7 nitrogen and oxygen atoms in total. The van der Waals surface area contributed by atoms with Crippen LogP contribution in [0, 0.1) is 0 Å². The van der Waals surface area contributed by atoms with Crippen LogP contribution in [-0.4, -0.2) is 16.0 Å². The number of pyridine rings is 2. The predicted molar refractivity (Wildman–Crippen MR) is 138 cm³/mol. The van der Waals surface area contributed by atoms with Crippen LogP contribution in [-0.2, 0) is 11.6 Å². The van der Waals surface area contributed by atoms with Crippen molar-refractivity contribution < 1.29 is 27.4 Å². The Morgan fingerprint density at radius 2 is 1.42 bits per heavy atom. The maximum absolute atomic E-state index is 13.2. The summed E-state index contributed by atoms with van der Waals surface area (Å²) in [7, 11) is 0. The lowest BCUT2D eigenvalue weighted by molar-refractivity contribution is -0.138. The maximum atomic E-state index is 13.2. The number of hydrogen-bond donors (Lipinski definition) is 2. The van der Waals surface area contributed by atoms with Gasteiger partial charge in [0.25, 0.3) is 0 Å². The molecule has 4 aromatic rings. The van der Waals surface area contributed by atoms with Crippen molar-refractivity contribution >= 4 is 17.4 Å². The standard InChI is InChI=1S/C28H25F3N4O3/c1-27(2,3)19-9-4-6-12-22(19)38-25-21(11-8-16-32-25)35-26(36)34-18-14-15-24(33-17-18)37-23-13-7-5-10-20(23)28(29,30)31/h4-17H,1-3H3,(H2,34,35,36). The Balaban J connectivity index is 1.43. The van der Waals surface area contributed by atoms with Crippen LogP contribution in [0.4, 0.5) is 29.3 Å². The average Bonchev–Trinajstić information content (AvgIpc) is 2.86. The van der Waals surface area contributed by atoms with Crippen LogP contribution >= 0.6 is 0 Å². The Labute approximate surface area is 217 Å². The fourth-order valence-corrected chi connectivity index (χ4v) is 3.55. The van der Waals surface area contributed by atoms with E-state index in [1.165, 1.54) is 36.5 Å². The molecule has 0 aliphatic heterocycles. The van der Waals surface area contributed by atoms with Crippen LogP contribution in [0.2, 0.25) is 0 Å². The minimum atomic E-state index is -4.57. The van der Waals surface area contributed by atoms with Gasteiger partial charge in [0.2, 0.25) is 11.8 Å². The number of para-hydroxylation sites is 2. The normalized spacial score (nSPS) is 11.5. The van der Waals surface area contributed by atoms with E-state index in [1.807, 2.05) is 24.3 Å². The maximum Gasteiger partial charge on any atom is 0.419 e. The second kappa shape index (κ2) is 10.8. The fraction of sp³-hybridized carbons (Fsp3) is 0.179. The summed E-state index contributed by atoms with van der Waals surface area (Å²) < 4.78 is 51.0. The number of alkyl halides is 3. The summed E-state index contributed by atoms with van der Waals surface area (Å²) in [6.07, 6.45) is -1.75. The number of nitrogens with one attached hydrogen (secondary N) is 2. The number of aromatic nitrogens is 2. The summed E-state index contributed by atoms with van der Waals surface area (Å²) in [6.45, 7) is 6.21. The lowest BCUT2D eigenvalue weighted by Crippen LogP contribution is -2.20. The van der Waals surface area contributed by atoms with Gasteiger partial charge in [-0.3, -0.25) is 0 Å². The molecule has 0 atom stereocenters. The third-order valence-electron chi connectivity index (χ3n) is 5.32. The molecule has 0 saturated carbocycles. The van der Waals surface area contributed by atoms with E-state index in [-0.39, 0.29) is 22.9 Å². The van der Waals surface area contributed by atoms with Gasteiger partial charge in [0.1, 0.15) is 17.2 Å². The number of amides is 2. The van der Waals surface area contributed by atoms with Crippen LogP contribution in [0.15, 0.2) is 85.2 Å². The molecule has 2 aromatic carbocycles. The zero-order chi connectivity index (χ0) is 27.3. The van der Waals surface area contributed by atoms with Gasteiger partial charge in [-0.1, -0.05) is 51.1 Å². The lowest BCUT2D eigenvalue weighted by Gasteiger charge is -2.22. The van der Waals surface area contributed by atoms with Crippen LogP contribution in [0.1, 0.15) is 31.9 Å². The van der Waals surface area contributed by atoms with Crippen molar-refractivity contribution in [1.29, 1.82) is 0 Å². The molecule has 2 heterocycles. The average molecular weight is 523 g/mol. The summed E-state index contributed by atoms with van der Waals surface area (Å²) in [5, 5.41) is 5.31. The second-order valence-corrected chi connectivity index (χ2v) is 9.26. The molecule has 4 rings (SSSR count). The Morgan fingerprint density at radius 3 is 2.05 bits per heavy atom. The Bertz CT molecular complexity index is 1420. The molecule has 0 spiro atoms. The second-order valence-electron chi connectivity index (χ2n) is 9.26. The third-order valence-corrected chi connectivity index (χ3v) is 5.32. The third kappa shape index (κ3) is 6.58. The Morgan fingerprint density at radius 1 is 0.763 bits per heavy atom. The van der Waals surface area contributed by atoms with Gasteiger partial charge >= 0.3 is 12.2 Å². The first-order valence-electron chi connectivity index (χ1n) is 11.6. The van der Waals surface area contributed by atoms with E-state index in [0.717, 1.165) is 11.6 Å². The molecule has 0 unspecified atom stereocenters. The van der Waals surface area contributed by atoms with E-state index in [2.05, 4.69) is 41.4 Å². The molecule has 0 saturated heterocycles. The first kappa shape index (κ1) is 26.5. The van der Waals surface area contributed by atoms with Gasteiger partial charge in [0.15, 0.2) is 0 Å². The summed E-state index contributed by atoms with van der Waals surface area (Å²) in [4.78, 5) is 20.9. The number of hydrogen-bond acceptors (Lipinski definition) is 5. The van der Waals surface area contributed by atoms with E-state index in [4.69, 9.17) is 9.47 Å². The van der Waals surface area contributed by atoms with E-state index >= 15 is 0 Å². The van der Waals surface area contributed by atoms with Crippen molar-refractivity contribution in [3.8, 4) is 23.3 Å². The topological polar surface area (TPSA) is 85.4 Å². The molecule has 2 N–H and O–H groups in total. The van der Waals surface area contributed by atoms with Crippen molar-refractivity contribution in [2.75, 3.05) is 10.6 Å². The van der Waals surface area contributed by atoms with Gasteiger partial charge < -0.3 is 20.1 Å². The van der Waals surface area contributed by atoms with Crippen molar-refractivity contribution in [2.45, 2.75) is 32.4 Å². The summed E-state index contributed by atoms with van der Waals surface area (Å²) in [5.41, 5.74) is 0.526. The van der Waals surface area contributed by atoms with Crippen molar-refractivity contribution in [3.63, 3.8) is 0 Å². The molecule has 2 aromatic heterocycles. The van der Waals surface area contributed by atoms with Crippen LogP contribution in [0.3, 0.4) is 0 Å². The number of benzene rings is 2. The first-order chi connectivity index (χ1) is 18.0. The quantitative estimate of drug-likeness (QED) is 0.268. The number of rotatable bonds is 6. The van der Waals surface area contributed by atoms with Gasteiger partial charge in [-0.2, -0.15) is 13.2 Å². The van der Waals surface area contributed by atoms with Gasteiger partial charge in [0, 0.05) is 17.8 Å². The number of urea groups is 1. The molecular formula is C28H25F3N4O3. The highest BCUT2D eigenvalue weighted by Gasteiger charge is 2.34. The Hall–Kier alpha value is -4.60. The zero-order valence-electron chi connectivity index (χ0n) is 20.8. The van der Waals surface area contributed by atoms with Crippen LogP contribution < -0.4 is 20.1 Å². The van der Waals surface area contributed by atoms with E-state index in [9.17, 15) is 18.0 Å². The minimum absolute atomic E-state index is 0.0619. The predicted octanol–water partition coefficient (Wildman–Crippen LogP) is 8.02. The van der Waals surface area contributed by atoms with Crippen molar-refractivity contribution in [1.82, 2.24) is 9.97 Å². The van der Waals surface area contributed by atoms with E-state index in [1.54, 1.807) is 18.3 Å². The molecular weight excluding hydrogens is 497 g/mol. The molecule has 10 heteroatoms. The first-order valence-corrected chi connectivity index (χ1v) is 11.6.